The van der Waals surface area contributed by atoms with Gasteiger partial charge >= 0.3 is 0 Å². The lowest BCUT2D eigenvalue weighted by Crippen LogP contribution is -2.45. The summed E-state index contributed by atoms with van der Waals surface area (Å²) in [6.07, 6.45) is 6.74. The SMILES string of the molecule is CCCCN(CC(=O)N(CCc1ccc(OC)c(OC)c1)Cc1ccc(C)s1)C(=O)C1CCCC1. The van der Waals surface area contributed by atoms with Crippen LogP contribution >= 0.6 is 11.3 Å². The molecule has 1 aromatic carbocycles. The summed E-state index contributed by atoms with van der Waals surface area (Å²) in [5.74, 6) is 1.63. The molecule has 35 heavy (non-hydrogen) atoms. The second-order valence-corrected chi connectivity index (χ2v) is 10.7. The van der Waals surface area contributed by atoms with Gasteiger partial charge in [-0.2, -0.15) is 0 Å². The fraction of sp³-hybridized carbons (Fsp3) is 0.571. The second kappa shape index (κ2) is 13.5. The number of rotatable bonds is 13. The van der Waals surface area contributed by atoms with Crippen LogP contribution < -0.4 is 9.47 Å². The van der Waals surface area contributed by atoms with E-state index in [-0.39, 0.29) is 24.3 Å². The van der Waals surface area contributed by atoms with Crippen LogP contribution in [0.5, 0.6) is 11.5 Å². The molecule has 1 aromatic heterocycles. The van der Waals surface area contributed by atoms with Crippen molar-refractivity contribution in [2.75, 3.05) is 33.9 Å². The van der Waals surface area contributed by atoms with Crippen molar-refractivity contribution in [2.45, 2.75) is 65.3 Å². The van der Waals surface area contributed by atoms with Crippen molar-refractivity contribution in [1.82, 2.24) is 9.80 Å². The molecule has 192 valence electrons. The first-order valence-electron chi connectivity index (χ1n) is 12.8. The number of unbranched alkanes of at least 4 members (excludes halogenated alkanes) is 1. The van der Waals surface area contributed by atoms with E-state index in [4.69, 9.17) is 9.47 Å². The summed E-state index contributed by atoms with van der Waals surface area (Å²) < 4.78 is 10.8. The minimum absolute atomic E-state index is 0.0129. The minimum Gasteiger partial charge on any atom is -0.493 e. The molecule has 2 aromatic rings. The molecule has 0 atom stereocenters. The highest BCUT2D eigenvalue weighted by atomic mass is 32.1. The smallest absolute Gasteiger partial charge is 0.242 e. The zero-order chi connectivity index (χ0) is 25.2. The summed E-state index contributed by atoms with van der Waals surface area (Å²) in [5.41, 5.74) is 1.08. The molecule has 0 saturated heterocycles. The van der Waals surface area contributed by atoms with Gasteiger partial charge in [-0.1, -0.05) is 32.3 Å². The molecule has 0 aliphatic heterocycles. The third-order valence-corrected chi connectivity index (χ3v) is 7.72. The standard InChI is InChI=1S/C28H40N2O4S/c1-5-6-16-30(28(32)23-9-7-8-10-23)20-27(31)29(19-24-13-11-21(2)35-24)17-15-22-12-14-25(33-3)26(18-22)34-4/h11-14,18,23H,5-10,15-17,19-20H2,1-4H3. The Balaban J connectivity index is 1.73. The maximum Gasteiger partial charge on any atom is 0.242 e. The molecule has 1 saturated carbocycles. The maximum absolute atomic E-state index is 13.6. The number of hydrogen-bond donors (Lipinski definition) is 0. The van der Waals surface area contributed by atoms with Crippen molar-refractivity contribution in [3.05, 3.63) is 45.6 Å². The van der Waals surface area contributed by atoms with Gasteiger partial charge in [0.05, 0.1) is 27.3 Å². The van der Waals surface area contributed by atoms with E-state index in [1.54, 1.807) is 25.6 Å². The fourth-order valence-corrected chi connectivity index (χ4v) is 5.57. The lowest BCUT2D eigenvalue weighted by molar-refractivity contribution is -0.143. The number of hydrogen-bond acceptors (Lipinski definition) is 5. The number of ether oxygens (including phenoxy) is 2. The van der Waals surface area contributed by atoms with Crippen LogP contribution in [0.25, 0.3) is 0 Å². The van der Waals surface area contributed by atoms with Crippen LogP contribution in [0.2, 0.25) is 0 Å². The molecule has 1 aliphatic carbocycles. The molecule has 6 nitrogen and oxygen atoms in total. The Morgan fingerprint density at radius 1 is 1.00 bits per heavy atom. The average Bonchev–Trinajstić information content (AvgIpc) is 3.55. The quantitative estimate of drug-likeness (QED) is 0.366. The highest BCUT2D eigenvalue weighted by Crippen LogP contribution is 2.29. The third kappa shape index (κ3) is 7.72. The van der Waals surface area contributed by atoms with Crippen LogP contribution in [0, 0.1) is 12.8 Å². The molecular formula is C28H40N2O4S. The summed E-state index contributed by atoms with van der Waals surface area (Å²) in [6, 6.07) is 10.1. The topological polar surface area (TPSA) is 59.1 Å². The third-order valence-electron chi connectivity index (χ3n) is 6.74. The molecule has 7 heteroatoms. The lowest BCUT2D eigenvalue weighted by Gasteiger charge is -2.29. The van der Waals surface area contributed by atoms with E-state index in [1.807, 2.05) is 28.0 Å². The van der Waals surface area contributed by atoms with E-state index < -0.39 is 0 Å². The van der Waals surface area contributed by atoms with Crippen molar-refractivity contribution in [1.29, 1.82) is 0 Å². The highest BCUT2D eigenvalue weighted by molar-refractivity contribution is 7.11. The second-order valence-electron chi connectivity index (χ2n) is 9.36. The summed E-state index contributed by atoms with van der Waals surface area (Å²) in [6.45, 7) is 6.14. The molecule has 0 radical (unpaired) electrons. The fourth-order valence-electron chi connectivity index (χ4n) is 4.66. The first kappa shape index (κ1) is 27.1. The Bertz CT molecular complexity index is 968. The van der Waals surface area contributed by atoms with E-state index in [9.17, 15) is 9.59 Å². The van der Waals surface area contributed by atoms with E-state index in [2.05, 4.69) is 26.0 Å². The molecule has 1 fully saturated rings. The predicted molar refractivity (Wildman–Crippen MR) is 141 cm³/mol. The number of benzene rings is 1. The van der Waals surface area contributed by atoms with Gasteiger partial charge in [0.15, 0.2) is 11.5 Å². The first-order valence-corrected chi connectivity index (χ1v) is 13.6. The summed E-state index contributed by atoms with van der Waals surface area (Å²) in [5, 5.41) is 0. The van der Waals surface area contributed by atoms with Crippen LogP contribution in [0.3, 0.4) is 0 Å². The number of carbonyl (C=O) groups is 2. The number of methoxy groups -OCH3 is 2. The molecule has 1 heterocycles. The summed E-state index contributed by atoms with van der Waals surface area (Å²) in [4.78, 5) is 32.9. The van der Waals surface area contributed by atoms with Gasteiger partial charge < -0.3 is 19.3 Å². The zero-order valence-corrected chi connectivity index (χ0v) is 22.5. The van der Waals surface area contributed by atoms with E-state index in [0.29, 0.717) is 37.6 Å². The summed E-state index contributed by atoms with van der Waals surface area (Å²) >= 11 is 1.71. The van der Waals surface area contributed by atoms with Crippen LogP contribution in [0.1, 0.15) is 60.8 Å². The van der Waals surface area contributed by atoms with Gasteiger partial charge in [0, 0.05) is 28.8 Å². The first-order chi connectivity index (χ1) is 16.9. The molecule has 3 rings (SSSR count). The predicted octanol–water partition coefficient (Wildman–Crippen LogP) is 5.46. The molecule has 0 unspecified atom stereocenters. The van der Waals surface area contributed by atoms with Crippen LogP contribution in [-0.4, -0.2) is 55.5 Å². The number of aryl methyl sites for hydroxylation is 1. The van der Waals surface area contributed by atoms with E-state index in [1.165, 1.54) is 4.88 Å². The Morgan fingerprint density at radius 3 is 2.37 bits per heavy atom. The number of carbonyl (C=O) groups excluding carboxylic acids is 2. The van der Waals surface area contributed by atoms with Gasteiger partial charge in [0.2, 0.25) is 11.8 Å². The largest absolute Gasteiger partial charge is 0.493 e. The van der Waals surface area contributed by atoms with Crippen LogP contribution in [0.4, 0.5) is 0 Å². The lowest BCUT2D eigenvalue weighted by atomic mass is 10.1. The van der Waals surface area contributed by atoms with Crippen molar-refractivity contribution in [3.8, 4) is 11.5 Å². The van der Waals surface area contributed by atoms with Crippen molar-refractivity contribution in [3.63, 3.8) is 0 Å². The van der Waals surface area contributed by atoms with Gasteiger partial charge in [-0.15, -0.1) is 11.3 Å². The minimum atomic E-state index is 0.0129. The Hall–Kier alpha value is -2.54. The van der Waals surface area contributed by atoms with E-state index in [0.717, 1.165) is 49.0 Å². The van der Waals surface area contributed by atoms with E-state index >= 15 is 0 Å². The van der Waals surface area contributed by atoms with Crippen molar-refractivity contribution in [2.24, 2.45) is 5.92 Å². The number of thiophene rings is 1. The highest BCUT2D eigenvalue weighted by Gasteiger charge is 2.29. The molecule has 0 N–H and O–H groups in total. The Kier molecular flexibility index (Phi) is 10.5. The van der Waals surface area contributed by atoms with Gasteiger partial charge in [0.25, 0.3) is 0 Å². The Morgan fingerprint density at radius 2 is 1.74 bits per heavy atom. The van der Waals surface area contributed by atoms with Crippen molar-refractivity contribution >= 4 is 23.2 Å². The van der Waals surface area contributed by atoms with Gasteiger partial charge in [-0.05, 0) is 62.4 Å². The number of amides is 2. The zero-order valence-electron chi connectivity index (χ0n) is 21.7. The molecular weight excluding hydrogens is 460 g/mol. The maximum atomic E-state index is 13.6. The molecule has 0 bridgehead atoms. The van der Waals surface area contributed by atoms with Gasteiger partial charge in [0.1, 0.15) is 0 Å². The van der Waals surface area contributed by atoms with Crippen molar-refractivity contribution < 1.29 is 19.1 Å². The van der Waals surface area contributed by atoms with Gasteiger partial charge in [-0.3, -0.25) is 9.59 Å². The number of nitrogens with zero attached hydrogens (tertiary/aromatic N) is 2. The average molecular weight is 501 g/mol. The molecule has 1 aliphatic rings. The monoisotopic (exact) mass is 500 g/mol. The summed E-state index contributed by atoms with van der Waals surface area (Å²) in [7, 11) is 3.25. The van der Waals surface area contributed by atoms with Gasteiger partial charge in [-0.25, -0.2) is 0 Å². The Labute approximate surface area is 214 Å². The van der Waals surface area contributed by atoms with Crippen LogP contribution in [0.15, 0.2) is 30.3 Å². The molecule has 0 spiro atoms. The van der Waals surface area contributed by atoms with Crippen LogP contribution in [-0.2, 0) is 22.6 Å². The molecule has 2 amide bonds. The normalized spacial score (nSPS) is 13.6.